The number of nitrogens with zero attached hydrogens (tertiary/aromatic N) is 1. The van der Waals surface area contributed by atoms with Gasteiger partial charge in [-0.1, -0.05) is 20.8 Å². The average Bonchev–Trinajstić information content (AvgIpc) is 2.59. The van der Waals surface area contributed by atoms with E-state index in [9.17, 15) is 8.42 Å². The average molecular weight is 405 g/mol. The molecule has 1 aromatic rings. The predicted molar refractivity (Wildman–Crippen MR) is 109 cm³/mol. The van der Waals surface area contributed by atoms with Gasteiger partial charge in [0.1, 0.15) is 5.75 Å². The summed E-state index contributed by atoms with van der Waals surface area (Å²) in [6, 6.07) is 3.75. The van der Waals surface area contributed by atoms with E-state index in [0.29, 0.717) is 11.4 Å². The second-order valence-corrected chi connectivity index (χ2v) is 8.97. The van der Waals surface area contributed by atoms with Crippen molar-refractivity contribution in [2.24, 2.45) is 0 Å². The highest BCUT2D eigenvalue weighted by atomic mass is 35.5. The molecule has 1 fully saturated rings. The molecule has 7 heteroatoms. The lowest BCUT2D eigenvalue weighted by molar-refractivity contribution is 0.262. The van der Waals surface area contributed by atoms with Crippen LogP contribution in [0.2, 0.25) is 0 Å². The second-order valence-electron chi connectivity index (χ2n) is 7.11. The molecular formula is C19H33ClN2O3S. The summed E-state index contributed by atoms with van der Waals surface area (Å²) in [6.45, 7) is 10.3. The van der Waals surface area contributed by atoms with Gasteiger partial charge in [-0.2, -0.15) is 4.31 Å². The zero-order chi connectivity index (χ0) is 18.6. The molecule has 0 aromatic heterocycles. The number of aryl methyl sites for hydroxylation is 1. The van der Waals surface area contributed by atoms with Crippen molar-refractivity contribution in [1.29, 1.82) is 0 Å². The van der Waals surface area contributed by atoms with E-state index in [0.717, 1.165) is 49.2 Å². The minimum Gasteiger partial charge on any atom is -0.496 e. The van der Waals surface area contributed by atoms with Crippen molar-refractivity contribution in [3.8, 4) is 5.75 Å². The van der Waals surface area contributed by atoms with Crippen molar-refractivity contribution in [2.75, 3.05) is 26.7 Å². The van der Waals surface area contributed by atoms with E-state index < -0.39 is 10.0 Å². The first kappa shape index (κ1) is 23.2. The number of methoxy groups -OCH3 is 1. The first-order valence-corrected chi connectivity index (χ1v) is 10.7. The Labute approximate surface area is 165 Å². The summed E-state index contributed by atoms with van der Waals surface area (Å²) in [5.74, 6) is 0.957. The van der Waals surface area contributed by atoms with E-state index in [-0.39, 0.29) is 24.4 Å². The molecule has 2 rings (SSSR count). The maximum Gasteiger partial charge on any atom is 0.243 e. The summed E-state index contributed by atoms with van der Waals surface area (Å²) in [5, 5.41) is 3.32. The lowest BCUT2D eigenvalue weighted by Gasteiger charge is -2.34. The van der Waals surface area contributed by atoms with E-state index in [1.54, 1.807) is 11.4 Å². The summed E-state index contributed by atoms with van der Waals surface area (Å²) < 4.78 is 34.2. The maximum atomic E-state index is 13.5. The van der Waals surface area contributed by atoms with E-state index in [1.165, 1.54) is 0 Å². The van der Waals surface area contributed by atoms with Crippen molar-refractivity contribution < 1.29 is 13.2 Å². The van der Waals surface area contributed by atoms with Gasteiger partial charge in [0.25, 0.3) is 0 Å². The van der Waals surface area contributed by atoms with E-state index in [1.807, 2.05) is 26.0 Å². The number of hydrogen-bond acceptors (Lipinski definition) is 4. The van der Waals surface area contributed by atoms with Gasteiger partial charge in [-0.15, -0.1) is 12.4 Å². The van der Waals surface area contributed by atoms with Crippen LogP contribution < -0.4 is 10.1 Å². The molecule has 1 aliphatic rings. The third kappa shape index (κ3) is 4.91. The molecule has 1 aliphatic heterocycles. The number of ether oxygens (including phenoxy) is 1. The van der Waals surface area contributed by atoms with Crippen LogP contribution in [0.15, 0.2) is 17.0 Å². The van der Waals surface area contributed by atoms with Gasteiger partial charge in [0.2, 0.25) is 10.0 Å². The first-order valence-electron chi connectivity index (χ1n) is 9.24. The summed E-state index contributed by atoms with van der Waals surface area (Å²) >= 11 is 0. The fourth-order valence-corrected chi connectivity index (χ4v) is 5.54. The Hall–Kier alpha value is -0.820. The Morgan fingerprint density at radius 3 is 2.38 bits per heavy atom. The van der Waals surface area contributed by atoms with Crippen LogP contribution in [0.1, 0.15) is 57.1 Å². The molecule has 0 amide bonds. The number of benzene rings is 1. The standard InChI is InChI=1S/C19H32N2O3S.ClH/c1-6-11-21(16-7-9-20-10-8-16)25(22,23)19-13-17(14(2)3)18(24-5)12-15(19)4;/h12-14,16,20H,6-11H2,1-5H3;1H. The van der Waals surface area contributed by atoms with Crippen molar-refractivity contribution in [3.05, 3.63) is 23.3 Å². The molecule has 5 nitrogen and oxygen atoms in total. The molecular weight excluding hydrogens is 372 g/mol. The van der Waals surface area contributed by atoms with Crippen LogP contribution in [-0.2, 0) is 10.0 Å². The van der Waals surface area contributed by atoms with Crippen LogP contribution in [0.25, 0.3) is 0 Å². The van der Waals surface area contributed by atoms with Crippen LogP contribution in [0.4, 0.5) is 0 Å². The number of rotatable bonds is 7. The van der Waals surface area contributed by atoms with Crippen LogP contribution in [0.3, 0.4) is 0 Å². The Morgan fingerprint density at radius 2 is 1.88 bits per heavy atom. The number of halogens is 1. The maximum absolute atomic E-state index is 13.5. The lowest BCUT2D eigenvalue weighted by atomic mass is 10.0. The van der Waals surface area contributed by atoms with Crippen molar-refractivity contribution in [1.82, 2.24) is 9.62 Å². The Bertz CT molecular complexity index is 686. The molecule has 0 spiro atoms. The molecule has 150 valence electrons. The van der Waals surface area contributed by atoms with Gasteiger partial charge in [-0.05, 0) is 68.5 Å². The molecule has 0 aliphatic carbocycles. The molecule has 1 saturated heterocycles. The molecule has 26 heavy (non-hydrogen) atoms. The normalized spacial score (nSPS) is 16.0. The molecule has 1 heterocycles. The Kier molecular flexibility index (Phi) is 8.86. The van der Waals surface area contributed by atoms with Gasteiger partial charge >= 0.3 is 0 Å². The largest absolute Gasteiger partial charge is 0.496 e. The molecule has 0 radical (unpaired) electrons. The van der Waals surface area contributed by atoms with E-state index in [4.69, 9.17) is 4.74 Å². The third-order valence-corrected chi connectivity index (χ3v) is 6.99. The number of sulfonamides is 1. The summed E-state index contributed by atoms with van der Waals surface area (Å²) in [6.07, 6.45) is 2.55. The van der Waals surface area contributed by atoms with Gasteiger partial charge in [-0.25, -0.2) is 8.42 Å². The smallest absolute Gasteiger partial charge is 0.243 e. The highest BCUT2D eigenvalue weighted by molar-refractivity contribution is 7.89. The van der Waals surface area contributed by atoms with Gasteiger partial charge in [-0.3, -0.25) is 0 Å². The zero-order valence-corrected chi connectivity index (χ0v) is 18.2. The zero-order valence-electron chi connectivity index (χ0n) is 16.5. The van der Waals surface area contributed by atoms with Crippen LogP contribution in [0, 0.1) is 6.92 Å². The minimum atomic E-state index is -3.52. The molecule has 0 unspecified atom stereocenters. The molecule has 1 aromatic carbocycles. The second kappa shape index (κ2) is 9.93. The highest BCUT2D eigenvalue weighted by Crippen LogP contribution is 2.34. The molecule has 1 N–H and O–H groups in total. The predicted octanol–water partition coefficient (Wildman–Crippen LogP) is 3.70. The number of hydrogen-bond donors (Lipinski definition) is 1. The van der Waals surface area contributed by atoms with Crippen molar-refractivity contribution in [2.45, 2.75) is 63.8 Å². The van der Waals surface area contributed by atoms with E-state index >= 15 is 0 Å². The van der Waals surface area contributed by atoms with Gasteiger partial charge in [0.05, 0.1) is 12.0 Å². The quantitative estimate of drug-likeness (QED) is 0.752. The molecule has 0 atom stereocenters. The third-order valence-electron chi connectivity index (χ3n) is 4.90. The van der Waals surface area contributed by atoms with Crippen LogP contribution in [-0.4, -0.2) is 45.5 Å². The van der Waals surface area contributed by atoms with Gasteiger partial charge in [0, 0.05) is 12.6 Å². The Balaban J connectivity index is 0.00000338. The number of piperidine rings is 1. The Morgan fingerprint density at radius 1 is 1.27 bits per heavy atom. The first-order chi connectivity index (χ1) is 11.8. The fraction of sp³-hybridized carbons (Fsp3) is 0.684. The summed E-state index contributed by atoms with van der Waals surface area (Å²) in [4.78, 5) is 0.420. The molecule has 0 saturated carbocycles. The monoisotopic (exact) mass is 404 g/mol. The molecule has 0 bridgehead atoms. The van der Waals surface area contributed by atoms with Crippen molar-refractivity contribution >= 4 is 22.4 Å². The highest BCUT2D eigenvalue weighted by Gasteiger charge is 2.33. The SMILES string of the molecule is CCCN(C1CCNCC1)S(=O)(=O)c1cc(C(C)C)c(OC)cc1C.Cl. The summed E-state index contributed by atoms with van der Waals surface area (Å²) in [5.41, 5.74) is 1.68. The van der Waals surface area contributed by atoms with Crippen LogP contribution >= 0.6 is 12.4 Å². The van der Waals surface area contributed by atoms with Gasteiger partial charge < -0.3 is 10.1 Å². The lowest BCUT2D eigenvalue weighted by Crippen LogP contribution is -2.46. The fourth-order valence-electron chi connectivity index (χ4n) is 3.52. The topological polar surface area (TPSA) is 58.6 Å². The van der Waals surface area contributed by atoms with Gasteiger partial charge in [0.15, 0.2) is 0 Å². The summed E-state index contributed by atoms with van der Waals surface area (Å²) in [7, 11) is -1.89. The van der Waals surface area contributed by atoms with Crippen molar-refractivity contribution in [3.63, 3.8) is 0 Å². The van der Waals surface area contributed by atoms with E-state index in [2.05, 4.69) is 19.2 Å². The van der Waals surface area contributed by atoms with Crippen LogP contribution in [0.5, 0.6) is 5.75 Å². The minimum absolute atomic E-state index is 0. The number of nitrogens with one attached hydrogen (secondary N) is 1.